The van der Waals surface area contributed by atoms with Gasteiger partial charge in [-0.3, -0.25) is 0 Å². The molecule has 0 saturated heterocycles. The lowest BCUT2D eigenvalue weighted by Crippen LogP contribution is -2.07. The first-order valence-electron chi connectivity index (χ1n) is 7.21. The van der Waals surface area contributed by atoms with Gasteiger partial charge in [-0.1, -0.05) is 18.2 Å². The van der Waals surface area contributed by atoms with Gasteiger partial charge in [-0.2, -0.15) is 0 Å². The Kier molecular flexibility index (Phi) is 3.70. The predicted molar refractivity (Wildman–Crippen MR) is 87.0 cm³/mol. The summed E-state index contributed by atoms with van der Waals surface area (Å²) in [5.74, 6) is 0.252. The molecule has 23 heavy (non-hydrogen) atoms. The number of benzene rings is 2. The van der Waals surface area contributed by atoms with Crippen LogP contribution in [0.3, 0.4) is 0 Å². The minimum atomic E-state index is -0.572. The first-order valence-corrected chi connectivity index (χ1v) is 7.21. The van der Waals surface area contributed by atoms with E-state index in [1.54, 1.807) is 12.1 Å². The van der Waals surface area contributed by atoms with Gasteiger partial charge in [0.1, 0.15) is 22.8 Å². The Hall–Kier alpha value is -2.95. The molecule has 1 heterocycles. The number of para-hydroxylation sites is 1. The molecule has 0 saturated carbocycles. The van der Waals surface area contributed by atoms with Crippen molar-refractivity contribution < 1.29 is 19.4 Å². The van der Waals surface area contributed by atoms with Gasteiger partial charge in [-0.15, -0.1) is 0 Å². The van der Waals surface area contributed by atoms with Crippen LogP contribution in [0.25, 0.3) is 22.1 Å². The standard InChI is InChI=1S/C18H16O5/c1-10(2)22-15-6-4-3-5-12(15)13-9-17(21)23-16-8-11(19)7-14(20)18(13)16/h3-10,19-20H,1-2H3. The molecular formula is C18H16O5. The zero-order chi connectivity index (χ0) is 16.6. The zero-order valence-electron chi connectivity index (χ0n) is 12.7. The summed E-state index contributed by atoms with van der Waals surface area (Å²) < 4.78 is 10.9. The van der Waals surface area contributed by atoms with Crippen LogP contribution in [0.5, 0.6) is 17.2 Å². The number of aromatic hydroxyl groups is 2. The van der Waals surface area contributed by atoms with E-state index in [2.05, 4.69) is 0 Å². The van der Waals surface area contributed by atoms with Crippen molar-refractivity contribution in [3.05, 3.63) is 52.9 Å². The Morgan fingerprint density at radius 3 is 2.52 bits per heavy atom. The topological polar surface area (TPSA) is 79.9 Å². The van der Waals surface area contributed by atoms with Gasteiger partial charge in [0.25, 0.3) is 0 Å². The van der Waals surface area contributed by atoms with Crippen molar-refractivity contribution in [2.45, 2.75) is 20.0 Å². The monoisotopic (exact) mass is 312 g/mol. The highest BCUT2D eigenvalue weighted by atomic mass is 16.5. The summed E-state index contributed by atoms with van der Waals surface area (Å²) in [5.41, 5.74) is 0.700. The van der Waals surface area contributed by atoms with Crippen LogP contribution in [0.4, 0.5) is 0 Å². The molecule has 0 bridgehead atoms. The second-order valence-electron chi connectivity index (χ2n) is 5.48. The Labute approximate surface area is 132 Å². The summed E-state index contributed by atoms with van der Waals surface area (Å²) >= 11 is 0. The van der Waals surface area contributed by atoms with Crippen LogP contribution in [0.2, 0.25) is 0 Å². The summed E-state index contributed by atoms with van der Waals surface area (Å²) in [6.07, 6.45) is -0.0415. The fraction of sp³-hybridized carbons (Fsp3) is 0.167. The summed E-state index contributed by atoms with van der Waals surface area (Å²) in [6.45, 7) is 3.81. The summed E-state index contributed by atoms with van der Waals surface area (Å²) in [7, 11) is 0. The van der Waals surface area contributed by atoms with Crippen LogP contribution in [-0.2, 0) is 0 Å². The molecule has 1 aromatic heterocycles. The van der Waals surface area contributed by atoms with Gasteiger partial charge in [0, 0.05) is 29.3 Å². The van der Waals surface area contributed by atoms with Crippen molar-refractivity contribution in [2.24, 2.45) is 0 Å². The van der Waals surface area contributed by atoms with Gasteiger partial charge in [-0.25, -0.2) is 4.79 Å². The molecule has 0 aliphatic carbocycles. The van der Waals surface area contributed by atoms with Gasteiger partial charge in [-0.05, 0) is 19.9 Å². The molecule has 3 rings (SSSR count). The Morgan fingerprint density at radius 2 is 1.78 bits per heavy atom. The Morgan fingerprint density at radius 1 is 1.04 bits per heavy atom. The average molecular weight is 312 g/mol. The molecule has 0 radical (unpaired) electrons. The third-order valence-electron chi connectivity index (χ3n) is 3.35. The van der Waals surface area contributed by atoms with Gasteiger partial charge in [0.2, 0.25) is 0 Å². The van der Waals surface area contributed by atoms with Crippen molar-refractivity contribution >= 4 is 11.0 Å². The normalized spacial score (nSPS) is 11.1. The molecule has 2 N–H and O–H groups in total. The first kappa shape index (κ1) is 15.0. The van der Waals surface area contributed by atoms with E-state index in [-0.39, 0.29) is 23.2 Å². The Balaban J connectivity index is 2.35. The third kappa shape index (κ3) is 2.85. The lowest BCUT2D eigenvalue weighted by Gasteiger charge is -2.15. The number of hydrogen-bond donors (Lipinski definition) is 2. The van der Waals surface area contributed by atoms with E-state index in [1.807, 2.05) is 26.0 Å². The number of ether oxygens (including phenoxy) is 1. The first-order chi connectivity index (χ1) is 11.0. The number of phenols is 2. The molecule has 0 amide bonds. The molecule has 0 atom stereocenters. The number of phenolic OH excluding ortho intramolecular Hbond substituents is 2. The van der Waals surface area contributed by atoms with Crippen LogP contribution >= 0.6 is 0 Å². The molecule has 118 valence electrons. The van der Waals surface area contributed by atoms with Crippen molar-refractivity contribution in [1.82, 2.24) is 0 Å². The molecule has 0 aliphatic rings. The van der Waals surface area contributed by atoms with Gasteiger partial charge >= 0.3 is 5.63 Å². The molecule has 0 spiro atoms. The maximum atomic E-state index is 11.9. The van der Waals surface area contributed by atoms with Crippen LogP contribution in [0, 0.1) is 0 Å². The minimum absolute atomic E-state index is 0.0415. The minimum Gasteiger partial charge on any atom is -0.508 e. The number of hydrogen-bond acceptors (Lipinski definition) is 5. The SMILES string of the molecule is CC(C)Oc1ccccc1-c1cc(=O)oc2cc(O)cc(O)c12. The predicted octanol–water partition coefficient (Wildman–Crippen LogP) is 3.66. The van der Waals surface area contributed by atoms with Gasteiger partial charge < -0.3 is 19.4 Å². The summed E-state index contributed by atoms with van der Waals surface area (Å²) in [4.78, 5) is 11.9. The van der Waals surface area contributed by atoms with Crippen molar-refractivity contribution in [1.29, 1.82) is 0 Å². The molecule has 0 unspecified atom stereocenters. The smallest absolute Gasteiger partial charge is 0.336 e. The van der Waals surface area contributed by atoms with Crippen molar-refractivity contribution in [3.63, 3.8) is 0 Å². The summed E-state index contributed by atoms with van der Waals surface area (Å²) in [5, 5.41) is 20.1. The van der Waals surface area contributed by atoms with E-state index in [1.165, 1.54) is 18.2 Å². The molecule has 0 aliphatic heterocycles. The zero-order valence-corrected chi connectivity index (χ0v) is 12.7. The van der Waals surface area contributed by atoms with Crippen LogP contribution in [-0.4, -0.2) is 16.3 Å². The molecule has 5 heteroatoms. The molecular weight excluding hydrogens is 296 g/mol. The van der Waals surface area contributed by atoms with Crippen LogP contribution < -0.4 is 10.4 Å². The van der Waals surface area contributed by atoms with Gasteiger partial charge in [0.15, 0.2) is 0 Å². The highest BCUT2D eigenvalue weighted by Crippen LogP contribution is 2.39. The lowest BCUT2D eigenvalue weighted by molar-refractivity contribution is 0.243. The van der Waals surface area contributed by atoms with Gasteiger partial charge in [0.05, 0.1) is 11.5 Å². The van der Waals surface area contributed by atoms with Crippen molar-refractivity contribution in [3.8, 4) is 28.4 Å². The van der Waals surface area contributed by atoms with E-state index in [0.717, 1.165) is 0 Å². The maximum Gasteiger partial charge on any atom is 0.336 e. The fourth-order valence-electron chi connectivity index (χ4n) is 2.52. The largest absolute Gasteiger partial charge is 0.508 e. The average Bonchev–Trinajstić information content (AvgIpc) is 2.45. The molecule has 5 nitrogen and oxygen atoms in total. The van der Waals surface area contributed by atoms with Crippen LogP contribution in [0.15, 0.2) is 51.7 Å². The highest BCUT2D eigenvalue weighted by Gasteiger charge is 2.16. The fourth-order valence-corrected chi connectivity index (χ4v) is 2.52. The molecule has 0 fully saturated rings. The van der Waals surface area contributed by atoms with E-state index in [9.17, 15) is 15.0 Å². The third-order valence-corrected chi connectivity index (χ3v) is 3.35. The van der Waals surface area contributed by atoms with Crippen LogP contribution in [0.1, 0.15) is 13.8 Å². The van der Waals surface area contributed by atoms with E-state index in [0.29, 0.717) is 22.3 Å². The molecule has 2 aromatic carbocycles. The van der Waals surface area contributed by atoms with Crippen molar-refractivity contribution in [2.75, 3.05) is 0 Å². The summed E-state index contributed by atoms with van der Waals surface area (Å²) in [6, 6.07) is 11.1. The number of fused-ring (bicyclic) bond motifs is 1. The van der Waals surface area contributed by atoms with E-state index in [4.69, 9.17) is 9.15 Å². The second kappa shape index (κ2) is 5.68. The second-order valence-corrected chi connectivity index (χ2v) is 5.48. The highest BCUT2D eigenvalue weighted by molar-refractivity contribution is 5.99. The van der Waals surface area contributed by atoms with E-state index >= 15 is 0 Å². The lowest BCUT2D eigenvalue weighted by atomic mass is 10.00. The molecule has 3 aromatic rings. The Bertz CT molecular complexity index is 924. The van der Waals surface area contributed by atoms with E-state index < -0.39 is 5.63 Å². The number of rotatable bonds is 3. The maximum absolute atomic E-state index is 11.9. The quantitative estimate of drug-likeness (QED) is 0.721.